The summed E-state index contributed by atoms with van der Waals surface area (Å²) in [5, 5.41) is 2.16. The van der Waals surface area contributed by atoms with Gasteiger partial charge in [0, 0.05) is 33.4 Å². The summed E-state index contributed by atoms with van der Waals surface area (Å²) in [4.78, 5) is 8.97. The van der Waals surface area contributed by atoms with Crippen LogP contribution in [0.2, 0.25) is 5.02 Å². The van der Waals surface area contributed by atoms with E-state index in [4.69, 9.17) is 26.8 Å². The smallest absolute Gasteiger partial charge is 0.221 e. The van der Waals surface area contributed by atoms with Crippen molar-refractivity contribution in [2.75, 3.05) is 5.73 Å². The first-order chi connectivity index (χ1) is 14.5. The number of fused-ring (bicyclic) bond motifs is 1. The van der Waals surface area contributed by atoms with E-state index < -0.39 is 0 Å². The summed E-state index contributed by atoms with van der Waals surface area (Å²) in [5.74, 6) is 1.03. The average molecular weight is 420 g/mol. The molecule has 0 aliphatic rings. The summed E-state index contributed by atoms with van der Waals surface area (Å²) >= 11 is 6.19. The minimum atomic E-state index is 0.266. The summed E-state index contributed by atoms with van der Waals surface area (Å²) in [6, 6.07) is 17.4. The zero-order valence-electron chi connectivity index (χ0n) is 16.9. The molecule has 2 heterocycles. The quantitative estimate of drug-likeness (QED) is 0.409. The normalized spacial score (nSPS) is 10.9. The molecule has 2 N–H and O–H groups in total. The molecular formula is C24H22ClN3O2. The highest BCUT2D eigenvalue weighted by molar-refractivity contribution is 6.32. The molecule has 0 spiro atoms. The minimum absolute atomic E-state index is 0.266. The van der Waals surface area contributed by atoms with Crippen LogP contribution in [0.25, 0.3) is 10.8 Å². The highest BCUT2D eigenvalue weighted by atomic mass is 35.5. The lowest BCUT2D eigenvalue weighted by atomic mass is 10.1. The van der Waals surface area contributed by atoms with Crippen LogP contribution in [-0.2, 0) is 13.2 Å². The number of nitrogens with zero attached hydrogens (tertiary/aromatic N) is 2. The van der Waals surface area contributed by atoms with Crippen molar-refractivity contribution in [2.45, 2.75) is 27.1 Å². The van der Waals surface area contributed by atoms with Crippen LogP contribution in [0.15, 0.2) is 60.8 Å². The Kier molecular flexibility index (Phi) is 5.72. The van der Waals surface area contributed by atoms with Crippen molar-refractivity contribution in [3.05, 3.63) is 88.2 Å². The first-order valence-electron chi connectivity index (χ1n) is 9.61. The Hall–Kier alpha value is -3.31. The van der Waals surface area contributed by atoms with Gasteiger partial charge in [-0.15, -0.1) is 0 Å². The molecule has 152 valence electrons. The molecule has 0 bridgehead atoms. The van der Waals surface area contributed by atoms with Gasteiger partial charge in [-0.1, -0.05) is 41.9 Å². The fraction of sp³-hybridized carbons (Fsp3) is 0.167. The predicted octanol–water partition coefficient (Wildman–Crippen LogP) is 5.64. The van der Waals surface area contributed by atoms with Gasteiger partial charge in [0.1, 0.15) is 13.2 Å². The molecule has 0 fully saturated rings. The van der Waals surface area contributed by atoms with Crippen molar-refractivity contribution >= 4 is 28.1 Å². The molecule has 0 atom stereocenters. The number of halogens is 1. The molecule has 5 nitrogen and oxygen atoms in total. The second-order valence-electron chi connectivity index (χ2n) is 7.13. The fourth-order valence-corrected chi connectivity index (χ4v) is 3.58. The highest BCUT2D eigenvalue weighted by Crippen LogP contribution is 2.32. The van der Waals surface area contributed by atoms with E-state index in [-0.39, 0.29) is 6.61 Å². The first-order valence-corrected chi connectivity index (χ1v) is 9.99. The molecule has 2 aromatic carbocycles. The predicted molar refractivity (Wildman–Crippen MR) is 120 cm³/mol. The van der Waals surface area contributed by atoms with E-state index in [0.29, 0.717) is 29.1 Å². The second-order valence-corrected chi connectivity index (χ2v) is 7.57. The molecule has 4 aromatic rings. The number of aryl methyl sites for hydroxylation is 2. The number of hydrogen-bond donors (Lipinski definition) is 1. The van der Waals surface area contributed by atoms with Gasteiger partial charge in [0.2, 0.25) is 11.8 Å². The summed E-state index contributed by atoms with van der Waals surface area (Å²) < 4.78 is 12.1. The summed E-state index contributed by atoms with van der Waals surface area (Å²) in [7, 11) is 0. The van der Waals surface area contributed by atoms with E-state index in [9.17, 15) is 0 Å². The van der Waals surface area contributed by atoms with Crippen LogP contribution >= 0.6 is 11.6 Å². The topological polar surface area (TPSA) is 70.3 Å². The van der Waals surface area contributed by atoms with Gasteiger partial charge in [0.05, 0.1) is 5.56 Å². The third-order valence-electron chi connectivity index (χ3n) is 4.85. The van der Waals surface area contributed by atoms with E-state index in [2.05, 4.69) is 9.97 Å². The first kappa shape index (κ1) is 20.0. The Morgan fingerprint density at radius 3 is 2.47 bits per heavy atom. The van der Waals surface area contributed by atoms with Crippen LogP contribution < -0.4 is 15.2 Å². The number of hydrogen-bond acceptors (Lipinski definition) is 5. The van der Waals surface area contributed by atoms with E-state index in [1.54, 1.807) is 12.3 Å². The zero-order valence-corrected chi connectivity index (χ0v) is 17.6. The molecule has 4 rings (SSSR count). The lowest BCUT2D eigenvalue weighted by molar-refractivity contribution is 0.261. The number of anilines is 1. The average Bonchev–Trinajstić information content (AvgIpc) is 2.72. The molecule has 2 aromatic heterocycles. The lowest BCUT2D eigenvalue weighted by Gasteiger charge is -2.15. The summed E-state index contributed by atoms with van der Waals surface area (Å²) in [6.45, 7) is 4.67. The van der Waals surface area contributed by atoms with Crippen LogP contribution in [0, 0.1) is 13.8 Å². The van der Waals surface area contributed by atoms with Crippen molar-refractivity contribution in [3.8, 4) is 11.8 Å². The van der Waals surface area contributed by atoms with Crippen molar-refractivity contribution in [1.29, 1.82) is 0 Å². The Morgan fingerprint density at radius 1 is 0.900 bits per heavy atom. The van der Waals surface area contributed by atoms with Gasteiger partial charge >= 0.3 is 0 Å². The third kappa shape index (κ3) is 4.31. The number of aromatic nitrogens is 2. The van der Waals surface area contributed by atoms with Gasteiger partial charge in [0.15, 0.2) is 0 Å². The Bertz CT molecular complexity index is 1200. The van der Waals surface area contributed by atoms with Crippen molar-refractivity contribution < 1.29 is 9.47 Å². The molecule has 30 heavy (non-hydrogen) atoms. The molecule has 0 aliphatic heterocycles. The molecule has 0 saturated carbocycles. The molecular weight excluding hydrogens is 398 g/mol. The van der Waals surface area contributed by atoms with Crippen LogP contribution in [0.4, 0.5) is 5.69 Å². The van der Waals surface area contributed by atoms with Gasteiger partial charge in [0.25, 0.3) is 0 Å². The van der Waals surface area contributed by atoms with Crippen molar-refractivity contribution in [2.24, 2.45) is 0 Å². The van der Waals surface area contributed by atoms with E-state index in [1.165, 1.54) is 0 Å². The molecule has 0 aliphatic carbocycles. The number of pyridine rings is 2. The Balaban J connectivity index is 1.61. The van der Waals surface area contributed by atoms with Crippen molar-refractivity contribution in [3.63, 3.8) is 0 Å². The summed E-state index contributed by atoms with van der Waals surface area (Å²) in [6.07, 6.45) is 1.68. The van der Waals surface area contributed by atoms with Crippen LogP contribution in [0.5, 0.6) is 11.8 Å². The highest BCUT2D eigenvalue weighted by Gasteiger charge is 2.14. The maximum atomic E-state index is 6.19. The Morgan fingerprint density at radius 2 is 1.67 bits per heavy atom. The lowest BCUT2D eigenvalue weighted by Crippen LogP contribution is -2.07. The van der Waals surface area contributed by atoms with Gasteiger partial charge in [-0.25, -0.2) is 9.97 Å². The SMILES string of the molecule is Cc1cc(C)c(COc2nccc3c(N)cc(Cl)cc23)c(OCc2ccccc2)n1. The number of ether oxygens (including phenoxy) is 2. The van der Waals surface area contributed by atoms with Crippen LogP contribution in [-0.4, -0.2) is 9.97 Å². The maximum Gasteiger partial charge on any atom is 0.221 e. The second kappa shape index (κ2) is 8.59. The molecule has 0 unspecified atom stereocenters. The monoisotopic (exact) mass is 419 g/mol. The molecule has 0 saturated heterocycles. The minimum Gasteiger partial charge on any atom is -0.472 e. The van der Waals surface area contributed by atoms with Crippen molar-refractivity contribution in [1.82, 2.24) is 9.97 Å². The van der Waals surface area contributed by atoms with Crippen LogP contribution in [0.1, 0.15) is 22.4 Å². The van der Waals surface area contributed by atoms with Gasteiger partial charge < -0.3 is 15.2 Å². The number of benzene rings is 2. The molecule has 0 amide bonds. The Labute approximate surface area is 180 Å². The van der Waals surface area contributed by atoms with E-state index in [0.717, 1.165) is 33.2 Å². The molecule has 0 radical (unpaired) electrons. The maximum absolute atomic E-state index is 6.19. The van der Waals surface area contributed by atoms with Gasteiger partial charge in [-0.05, 0) is 49.2 Å². The fourth-order valence-electron chi connectivity index (χ4n) is 3.36. The third-order valence-corrected chi connectivity index (χ3v) is 5.07. The molecule has 6 heteroatoms. The summed E-state index contributed by atoms with van der Waals surface area (Å²) in [5.41, 5.74) is 10.6. The number of nitrogen functional groups attached to an aromatic ring is 1. The zero-order chi connectivity index (χ0) is 21.1. The van der Waals surface area contributed by atoms with Gasteiger partial charge in [-0.2, -0.15) is 0 Å². The number of rotatable bonds is 6. The van der Waals surface area contributed by atoms with E-state index >= 15 is 0 Å². The van der Waals surface area contributed by atoms with Crippen LogP contribution in [0.3, 0.4) is 0 Å². The van der Waals surface area contributed by atoms with E-state index in [1.807, 2.05) is 62.4 Å². The van der Waals surface area contributed by atoms with Gasteiger partial charge in [-0.3, -0.25) is 0 Å². The largest absolute Gasteiger partial charge is 0.472 e. The number of nitrogens with two attached hydrogens (primary N) is 1. The standard InChI is InChI=1S/C24H22ClN3O2/c1-15-10-16(2)28-24(29-13-17-6-4-3-5-7-17)21(15)14-30-23-20-11-18(25)12-22(26)19(20)8-9-27-23/h3-12H,13-14,26H2,1-2H3.